The molecule has 0 radical (unpaired) electrons. The number of aliphatic hydroxyl groups is 2. The van der Waals surface area contributed by atoms with Crippen LogP contribution in [0.25, 0.3) is 0 Å². The first-order chi connectivity index (χ1) is 10.3. The molecule has 0 aliphatic rings. The van der Waals surface area contributed by atoms with E-state index in [1.807, 2.05) is 13.8 Å². The minimum Gasteiger partial charge on any atom is -0.463 e. The van der Waals surface area contributed by atoms with Gasteiger partial charge in [-0.2, -0.15) is 0 Å². The lowest BCUT2D eigenvalue weighted by atomic mass is 9.80. The number of rotatable bonds is 11. The van der Waals surface area contributed by atoms with Crippen molar-refractivity contribution < 1.29 is 24.5 Å². The Morgan fingerprint density at radius 2 is 1.95 bits per heavy atom. The van der Waals surface area contributed by atoms with Gasteiger partial charge in [-0.1, -0.05) is 33.6 Å². The van der Waals surface area contributed by atoms with Crippen molar-refractivity contribution in [3.05, 3.63) is 0 Å². The summed E-state index contributed by atoms with van der Waals surface area (Å²) in [5.74, 6) is -0.941. The lowest BCUT2D eigenvalue weighted by Gasteiger charge is -2.31. The molecule has 0 fully saturated rings. The number of aliphatic hydroxyl groups excluding tert-OH is 2. The molecular formula is C16H31NO5. The van der Waals surface area contributed by atoms with Crippen LogP contribution in [0.5, 0.6) is 0 Å². The molecule has 3 N–H and O–H groups in total. The Morgan fingerprint density at radius 1 is 1.32 bits per heavy atom. The van der Waals surface area contributed by atoms with Gasteiger partial charge in [0.05, 0.1) is 19.1 Å². The molecule has 0 rings (SSSR count). The van der Waals surface area contributed by atoms with Gasteiger partial charge in [0.2, 0.25) is 5.91 Å². The van der Waals surface area contributed by atoms with E-state index in [0.29, 0.717) is 6.42 Å². The van der Waals surface area contributed by atoms with Crippen LogP contribution < -0.4 is 5.32 Å². The fourth-order valence-electron chi connectivity index (χ4n) is 1.95. The van der Waals surface area contributed by atoms with Crippen molar-refractivity contribution in [2.45, 2.75) is 72.0 Å². The van der Waals surface area contributed by atoms with Crippen LogP contribution in [-0.2, 0) is 14.3 Å². The number of ether oxygens (including phenoxy) is 1. The molecule has 0 aliphatic heterocycles. The average Bonchev–Trinajstić information content (AvgIpc) is 2.51. The van der Waals surface area contributed by atoms with E-state index in [0.717, 1.165) is 19.3 Å². The lowest BCUT2D eigenvalue weighted by Crippen LogP contribution is -2.47. The van der Waals surface area contributed by atoms with Gasteiger partial charge in [0.15, 0.2) is 0 Å². The zero-order chi connectivity index (χ0) is 17.2. The minimum atomic E-state index is -1.30. The molecule has 0 bridgehead atoms. The third-order valence-corrected chi connectivity index (χ3v) is 3.91. The fraction of sp³-hybridized carbons (Fsp3) is 0.875. The van der Waals surface area contributed by atoms with Gasteiger partial charge in [-0.3, -0.25) is 9.59 Å². The van der Waals surface area contributed by atoms with Crippen LogP contribution in [0.2, 0.25) is 0 Å². The number of carbonyl (C=O) groups is 2. The molecule has 0 aliphatic carbocycles. The van der Waals surface area contributed by atoms with Gasteiger partial charge in [-0.05, 0) is 19.8 Å². The van der Waals surface area contributed by atoms with Crippen molar-refractivity contribution in [2.75, 3.05) is 13.2 Å². The highest BCUT2D eigenvalue weighted by Gasteiger charge is 2.36. The number of hydrogen-bond donors (Lipinski definition) is 3. The highest BCUT2D eigenvalue weighted by Crippen LogP contribution is 2.28. The van der Waals surface area contributed by atoms with Crippen LogP contribution >= 0.6 is 0 Å². The maximum Gasteiger partial charge on any atom is 0.307 e. The van der Waals surface area contributed by atoms with Gasteiger partial charge in [-0.25, -0.2) is 0 Å². The molecule has 0 saturated carbocycles. The van der Waals surface area contributed by atoms with Gasteiger partial charge in [0.25, 0.3) is 0 Å². The number of unbranched alkanes of at least 4 members (excludes halogenated alkanes) is 1. The maximum atomic E-state index is 11.9. The zero-order valence-electron chi connectivity index (χ0n) is 14.2. The van der Waals surface area contributed by atoms with E-state index < -0.39 is 17.4 Å². The highest BCUT2D eigenvalue weighted by atomic mass is 16.5. The van der Waals surface area contributed by atoms with E-state index in [1.165, 1.54) is 0 Å². The van der Waals surface area contributed by atoms with Gasteiger partial charge in [0, 0.05) is 12.0 Å². The Hall–Kier alpha value is -1.14. The topological polar surface area (TPSA) is 95.9 Å². The Labute approximate surface area is 133 Å². The number of nitrogens with one attached hydrogen (secondary N) is 1. The van der Waals surface area contributed by atoms with Gasteiger partial charge in [0.1, 0.15) is 6.10 Å². The minimum absolute atomic E-state index is 0.0631. The third-order valence-electron chi connectivity index (χ3n) is 3.91. The maximum absolute atomic E-state index is 11.9. The van der Waals surface area contributed by atoms with Gasteiger partial charge >= 0.3 is 5.97 Å². The van der Waals surface area contributed by atoms with Crippen LogP contribution in [0.1, 0.15) is 59.8 Å². The summed E-state index contributed by atoms with van der Waals surface area (Å²) in [6.07, 6.45) is 1.67. The second-order valence-electron chi connectivity index (χ2n) is 6.07. The van der Waals surface area contributed by atoms with E-state index >= 15 is 0 Å². The monoisotopic (exact) mass is 317 g/mol. The SMILES string of the molecule is CCCCC(C)(CO)[C@@H](O)C(=O)NCCC(=O)OC(C)CC. The molecule has 0 aromatic rings. The van der Waals surface area contributed by atoms with E-state index in [1.54, 1.807) is 13.8 Å². The third kappa shape index (κ3) is 7.22. The van der Waals surface area contributed by atoms with Gasteiger partial charge < -0.3 is 20.3 Å². The largest absolute Gasteiger partial charge is 0.463 e. The first kappa shape index (κ1) is 20.9. The molecule has 2 unspecified atom stereocenters. The van der Waals surface area contributed by atoms with E-state index in [9.17, 15) is 19.8 Å². The molecule has 0 aromatic heterocycles. The fourth-order valence-corrected chi connectivity index (χ4v) is 1.95. The second-order valence-corrected chi connectivity index (χ2v) is 6.07. The predicted molar refractivity (Wildman–Crippen MR) is 84.2 cm³/mol. The Balaban J connectivity index is 4.27. The summed E-state index contributed by atoms with van der Waals surface area (Å²) >= 11 is 0. The number of carbonyl (C=O) groups excluding carboxylic acids is 2. The molecule has 0 aromatic carbocycles. The molecular weight excluding hydrogens is 286 g/mol. The highest BCUT2D eigenvalue weighted by molar-refractivity contribution is 5.82. The number of esters is 1. The van der Waals surface area contributed by atoms with Crippen molar-refractivity contribution in [1.82, 2.24) is 5.32 Å². The van der Waals surface area contributed by atoms with Crippen molar-refractivity contribution in [2.24, 2.45) is 5.41 Å². The lowest BCUT2D eigenvalue weighted by molar-refractivity contribution is -0.148. The second kappa shape index (κ2) is 10.6. The number of amides is 1. The Morgan fingerprint density at radius 3 is 2.45 bits per heavy atom. The standard InChI is InChI=1S/C16H31NO5/c1-5-7-9-16(4,11-18)14(20)15(21)17-10-8-13(19)22-12(3)6-2/h12,14,18,20H,5-11H2,1-4H3,(H,17,21)/t12?,14-,16?/m0/s1. The molecule has 6 heteroatoms. The summed E-state index contributed by atoms with van der Waals surface area (Å²) in [4.78, 5) is 23.4. The number of hydrogen-bond acceptors (Lipinski definition) is 5. The Kier molecular flexibility index (Phi) is 10.0. The van der Waals surface area contributed by atoms with E-state index in [4.69, 9.17) is 4.74 Å². The summed E-state index contributed by atoms with van der Waals surface area (Å²) in [6.45, 7) is 7.26. The zero-order valence-corrected chi connectivity index (χ0v) is 14.2. The van der Waals surface area contributed by atoms with Crippen molar-refractivity contribution in [3.63, 3.8) is 0 Å². The normalized spacial score (nSPS) is 16.5. The Bertz CT molecular complexity index is 347. The summed E-state index contributed by atoms with van der Waals surface area (Å²) in [5, 5.41) is 22.1. The van der Waals surface area contributed by atoms with Crippen LogP contribution in [-0.4, -0.2) is 47.4 Å². The predicted octanol–water partition coefficient (Wildman–Crippen LogP) is 1.38. The molecule has 1 amide bonds. The van der Waals surface area contributed by atoms with Gasteiger partial charge in [-0.15, -0.1) is 0 Å². The van der Waals surface area contributed by atoms with Crippen molar-refractivity contribution in [3.8, 4) is 0 Å². The molecule has 22 heavy (non-hydrogen) atoms. The molecule has 6 nitrogen and oxygen atoms in total. The van der Waals surface area contributed by atoms with E-state index in [2.05, 4.69) is 5.32 Å². The quantitative estimate of drug-likeness (QED) is 0.500. The first-order valence-electron chi connectivity index (χ1n) is 8.06. The average molecular weight is 317 g/mol. The molecule has 0 saturated heterocycles. The van der Waals surface area contributed by atoms with Crippen LogP contribution in [0, 0.1) is 5.41 Å². The van der Waals surface area contributed by atoms with Crippen molar-refractivity contribution in [1.29, 1.82) is 0 Å². The summed E-state index contributed by atoms with van der Waals surface area (Å²) < 4.78 is 5.09. The molecule has 130 valence electrons. The summed E-state index contributed by atoms with van der Waals surface area (Å²) in [7, 11) is 0. The first-order valence-corrected chi connectivity index (χ1v) is 8.06. The molecule has 0 heterocycles. The summed E-state index contributed by atoms with van der Waals surface area (Å²) in [5.41, 5.74) is -0.864. The van der Waals surface area contributed by atoms with Crippen LogP contribution in [0.15, 0.2) is 0 Å². The van der Waals surface area contributed by atoms with E-state index in [-0.39, 0.29) is 31.6 Å². The molecule has 0 spiro atoms. The summed E-state index contributed by atoms with van der Waals surface area (Å²) in [6, 6.07) is 0. The van der Waals surface area contributed by atoms with Crippen LogP contribution in [0.4, 0.5) is 0 Å². The van der Waals surface area contributed by atoms with Crippen LogP contribution in [0.3, 0.4) is 0 Å². The smallest absolute Gasteiger partial charge is 0.307 e. The van der Waals surface area contributed by atoms with Crippen molar-refractivity contribution >= 4 is 11.9 Å². The molecule has 3 atom stereocenters.